The van der Waals surface area contributed by atoms with Crippen molar-refractivity contribution < 1.29 is 17.9 Å². The molecule has 0 atom stereocenters. The van der Waals surface area contributed by atoms with Crippen LogP contribution >= 0.6 is 15.9 Å². The lowest BCUT2D eigenvalue weighted by atomic mass is 10.2. The quantitative estimate of drug-likeness (QED) is 0.705. The number of carbonyl (C=O) groups excluding carboxylic acids is 1. The summed E-state index contributed by atoms with van der Waals surface area (Å²) in [7, 11) is -3.29. The van der Waals surface area contributed by atoms with E-state index in [4.69, 9.17) is 4.74 Å². The largest absolute Gasteiger partial charge is 0.494 e. The summed E-state index contributed by atoms with van der Waals surface area (Å²) in [6.07, 6.45) is 1.98. The number of carbonyl (C=O) groups is 1. The number of amides is 1. The van der Waals surface area contributed by atoms with Gasteiger partial charge in [-0.25, -0.2) is 8.42 Å². The van der Waals surface area contributed by atoms with Crippen LogP contribution in [-0.4, -0.2) is 27.2 Å². The number of halogens is 1. The maximum absolute atomic E-state index is 11.9. The van der Waals surface area contributed by atoms with Crippen LogP contribution in [0.2, 0.25) is 0 Å². The molecule has 128 valence electrons. The summed E-state index contributed by atoms with van der Waals surface area (Å²) in [6, 6.07) is 13.7. The zero-order valence-electron chi connectivity index (χ0n) is 13.2. The van der Waals surface area contributed by atoms with Gasteiger partial charge < -0.3 is 10.1 Å². The number of sulfone groups is 1. The van der Waals surface area contributed by atoms with Crippen LogP contribution in [0.1, 0.15) is 12.8 Å². The van der Waals surface area contributed by atoms with Gasteiger partial charge in [-0.1, -0.05) is 28.1 Å². The lowest BCUT2D eigenvalue weighted by Crippen LogP contribution is -2.13. The summed E-state index contributed by atoms with van der Waals surface area (Å²) < 4.78 is 29.5. The Balaban J connectivity index is 1.79. The minimum Gasteiger partial charge on any atom is -0.494 e. The van der Waals surface area contributed by atoms with E-state index >= 15 is 0 Å². The van der Waals surface area contributed by atoms with E-state index in [-0.39, 0.29) is 17.2 Å². The molecule has 0 unspecified atom stereocenters. The highest BCUT2D eigenvalue weighted by Gasteiger charge is 2.09. The number of benzene rings is 2. The fourth-order valence-electron chi connectivity index (χ4n) is 2.01. The summed E-state index contributed by atoms with van der Waals surface area (Å²) in [4.78, 5) is 12.1. The highest BCUT2D eigenvalue weighted by Crippen LogP contribution is 2.18. The SMILES string of the molecule is CS(=O)(=O)c1cccc(NC(=O)CCCOc2cccc(Br)c2)c1. The van der Waals surface area contributed by atoms with Crippen LogP contribution in [0.15, 0.2) is 57.9 Å². The second-order valence-corrected chi connectivity index (χ2v) is 8.19. The number of rotatable bonds is 7. The van der Waals surface area contributed by atoms with Crippen molar-refractivity contribution in [1.29, 1.82) is 0 Å². The van der Waals surface area contributed by atoms with Gasteiger partial charge in [0.15, 0.2) is 9.84 Å². The molecule has 0 saturated heterocycles. The predicted molar refractivity (Wildman–Crippen MR) is 97.1 cm³/mol. The van der Waals surface area contributed by atoms with E-state index in [1.165, 1.54) is 12.1 Å². The third kappa shape index (κ3) is 5.98. The van der Waals surface area contributed by atoms with E-state index in [1.54, 1.807) is 12.1 Å². The molecule has 0 aliphatic rings. The molecule has 0 bridgehead atoms. The van der Waals surface area contributed by atoms with E-state index in [0.29, 0.717) is 18.7 Å². The van der Waals surface area contributed by atoms with Crippen molar-refractivity contribution in [1.82, 2.24) is 0 Å². The van der Waals surface area contributed by atoms with Gasteiger partial charge in [-0.15, -0.1) is 0 Å². The third-order valence-corrected chi connectivity index (χ3v) is 4.76. The zero-order valence-corrected chi connectivity index (χ0v) is 15.6. The van der Waals surface area contributed by atoms with E-state index in [1.807, 2.05) is 24.3 Å². The third-order valence-electron chi connectivity index (χ3n) is 3.16. The molecule has 24 heavy (non-hydrogen) atoms. The van der Waals surface area contributed by atoms with Crippen LogP contribution in [0.5, 0.6) is 5.75 Å². The van der Waals surface area contributed by atoms with E-state index in [0.717, 1.165) is 16.5 Å². The molecule has 0 aliphatic heterocycles. The molecule has 0 spiro atoms. The molecule has 0 heterocycles. The summed E-state index contributed by atoms with van der Waals surface area (Å²) in [5, 5.41) is 2.70. The Morgan fingerprint density at radius 1 is 1.17 bits per heavy atom. The lowest BCUT2D eigenvalue weighted by Gasteiger charge is -2.08. The van der Waals surface area contributed by atoms with Gasteiger partial charge >= 0.3 is 0 Å². The predicted octanol–water partition coefficient (Wildman–Crippen LogP) is 3.65. The minimum atomic E-state index is -3.29. The van der Waals surface area contributed by atoms with Gasteiger partial charge in [0.2, 0.25) is 5.91 Å². The molecule has 1 amide bonds. The first-order valence-corrected chi connectivity index (χ1v) is 10.0. The second kappa shape index (κ2) is 8.30. The van der Waals surface area contributed by atoms with Crippen LogP contribution in [0.25, 0.3) is 0 Å². The van der Waals surface area contributed by atoms with Crippen molar-refractivity contribution in [3.05, 3.63) is 53.0 Å². The Labute approximate surface area is 150 Å². The Morgan fingerprint density at radius 2 is 1.92 bits per heavy atom. The summed E-state index contributed by atoms with van der Waals surface area (Å²) >= 11 is 3.36. The van der Waals surface area contributed by atoms with Crippen LogP contribution in [0.4, 0.5) is 5.69 Å². The van der Waals surface area contributed by atoms with Gasteiger partial charge in [0, 0.05) is 22.8 Å². The number of ether oxygens (including phenoxy) is 1. The van der Waals surface area contributed by atoms with Crippen LogP contribution < -0.4 is 10.1 Å². The monoisotopic (exact) mass is 411 g/mol. The molecule has 0 fully saturated rings. The van der Waals surface area contributed by atoms with E-state index < -0.39 is 9.84 Å². The summed E-state index contributed by atoms with van der Waals surface area (Å²) in [5.41, 5.74) is 0.468. The number of hydrogen-bond acceptors (Lipinski definition) is 4. The zero-order chi connectivity index (χ0) is 17.6. The molecule has 0 aliphatic carbocycles. The average Bonchev–Trinajstić information content (AvgIpc) is 2.51. The molecule has 0 aromatic heterocycles. The molecular weight excluding hydrogens is 394 g/mol. The van der Waals surface area contributed by atoms with Gasteiger partial charge in [-0.2, -0.15) is 0 Å². The normalized spacial score (nSPS) is 11.1. The lowest BCUT2D eigenvalue weighted by molar-refractivity contribution is -0.116. The maximum atomic E-state index is 11.9. The van der Waals surface area contributed by atoms with Crippen molar-refractivity contribution >= 4 is 37.4 Å². The van der Waals surface area contributed by atoms with Gasteiger partial charge in [0.25, 0.3) is 0 Å². The van der Waals surface area contributed by atoms with Gasteiger partial charge in [-0.05, 0) is 42.8 Å². The van der Waals surface area contributed by atoms with Crippen molar-refractivity contribution in [2.45, 2.75) is 17.7 Å². The number of hydrogen-bond donors (Lipinski definition) is 1. The molecule has 2 aromatic carbocycles. The summed E-state index contributed by atoms with van der Waals surface area (Å²) in [5.74, 6) is 0.559. The molecule has 2 aromatic rings. The highest BCUT2D eigenvalue weighted by atomic mass is 79.9. The average molecular weight is 412 g/mol. The molecule has 5 nitrogen and oxygen atoms in total. The van der Waals surface area contributed by atoms with Gasteiger partial charge in [0.1, 0.15) is 5.75 Å². The Kier molecular flexibility index (Phi) is 6.39. The van der Waals surface area contributed by atoms with Crippen LogP contribution in [-0.2, 0) is 14.6 Å². The molecule has 1 N–H and O–H groups in total. The second-order valence-electron chi connectivity index (χ2n) is 5.26. The van der Waals surface area contributed by atoms with Gasteiger partial charge in [0.05, 0.1) is 11.5 Å². The number of anilines is 1. The van der Waals surface area contributed by atoms with Crippen molar-refractivity contribution in [2.75, 3.05) is 18.2 Å². The van der Waals surface area contributed by atoms with Crippen molar-refractivity contribution in [2.24, 2.45) is 0 Å². The standard InChI is InChI=1S/C17H18BrNO4S/c1-24(21,22)16-8-3-6-14(12-16)19-17(20)9-4-10-23-15-7-2-5-13(18)11-15/h2-3,5-8,11-12H,4,9-10H2,1H3,(H,19,20). The first-order valence-electron chi connectivity index (χ1n) is 7.33. The van der Waals surface area contributed by atoms with E-state index in [9.17, 15) is 13.2 Å². The van der Waals surface area contributed by atoms with Crippen molar-refractivity contribution in [3.8, 4) is 5.75 Å². The fraction of sp³-hybridized carbons (Fsp3) is 0.235. The number of nitrogens with one attached hydrogen (secondary N) is 1. The van der Waals surface area contributed by atoms with Crippen molar-refractivity contribution in [3.63, 3.8) is 0 Å². The van der Waals surface area contributed by atoms with Crippen LogP contribution in [0.3, 0.4) is 0 Å². The minimum absolute atomic E-state index is 0.179. The first-order chi connectivity index (χ1) is 11.3. The maximum Gasteiger partial charge on any atom is 0.224 e. The van der Waals surface area contributed by atoms with Crippen LogP contribution in [0, 0.1) is 0 Å². The summed E-state index contributed by atoms with van der Waals surface area (Å²) in [6.45, 7) is 0.424. The Bertz CT molecular complexity index is 821. The molecule has 2 rings (SSSR count). The molecule has 0 saturated carbocycles. The van der Waals surface area contributed by atoms with E-state index in [2.05, 4.69) is 21.2 Å². The Morgan fingerprint density at radius 3 is 2.62 bits per heavy atom. The van der Waals surface area contributed by atoms with Gasteiger partial charge in [-0.3, -0.25) is 4.79 Å². The molecule has 0 radical (unpaired) electrons. The molecular formula is C17H18BrNO4S. The topological polar surface area (TPSA) is 72.5 Å². The highest BCUT2D eigenvalue weighted by molar-refractivity contribution is 9.10. The first kappa shape index (κ1) is 18.5. The Hall–Kier alpha value is -1.86. The fourth-order valence-corrected chi connectivity index (χ4v) is 3.05. The smallest absolute Gasteiger partial charge is 0.224 e. The molecule has 7 heteroatoms.